The molecule has 1 unspecified atom stereocenters. The second-order valence-corrected chi connectivity index (χ2v) is 4.83. The first-order valence-electron chi connectivity index (χ1n) is 5.49. The fourth-order valence-corrected chi connectivity index (χ4v) is 2.08. The minimum absolute atomic E-state index is 0.0613. The zero-order chi connectivity index (χ0) is 14.3. The molecular formula is C12H13F2NO3S. The number of nitrogens with one attached hydrogen (secondary N) is 1. The molecule has 0 heterocycles. The number of carboxylic acids is 1. The van der Waals surface area contributed by atoms with Crippen LogP contribution in [-0.2, 0) is 9.59 Å². The maximum Gasteiger partial charge on any atom is 0.328 e. The molecule has 0 saturated carbocycles. The Balaban J connectivity index is 2.30. The molecule has 0 aliphatic rings. The van der Waals surface area contributed by atoms with Crippen molar-refractivity contribution in [3.05, 3.63) is 30.1 Å². The van der Waals surface area contributed by atoms with Crippen LogP contribution >= 0.6 is 11.8 Å². The second-order valence-electron chi connectivity index (χ2n) is 3.67. The molecule has 0 aromatic heterocycles. The van der Waals surface area contributed by atoms with Gasteiger partial charge >= 0.3 is 5.97 Å². The molecule has 1 rings (SSSR count). The molecule has 1 amide bonds. The highest BCUT2D eigenvalue weighted by molar-refractivity contribution is 7.99. The van der Waals surface area contributed by atoms with Gasteiger partial charge in [-0.15, -0.1) is 11.8 Å². The van der Waals surface area contributed by atoms with Crippen molar-refractivity contribution in [2.24, 2.45) is 0 Å². The number of carboxylic acid groups (broad SMARTS) is 1. The maximum atomic E-state index is 12.6. The number of hydrogen-bond acceptors (Lipinski definition) is 3. The van der Waals surface area contributed by atoms with Crippen molar-refractivity contribution in [2.75, 3.05) is 12.4 Å². The summed E-state index contributed by atoms with van der Waals surface area (Å²) in [5.74, 6) is -1.87. The fourth-order valence-electron chi connectivity index (χ4n) is 1.23. The number of amides is 1. The lowest BCUT2D eigenvalue weighted by Gasteiger charge is -2.10. The average Bonchev–Trinajstić information content (AvgIpc) is 2.38. The Labute approximate surface area is 113 Å². The zero-order valence-corrected chi connectivity index (χ0v) is 10.8. The minimum Gasteiger partial charge on any atom is -0.480 e. The van der Waals surface area contributed by atoms with Crippen LogP contribution in [-0.4, -0.2) is 35.5 Å². The summed E-state index contributed by atoms with van der Waals surface area (Å²) in [6.07, 6.45) is 0.0613. The van der Waals surface area contributed by atoms with Gasteiger partial charge in [-0.3, -0.25) is 4.79 Å². The van der Waals surface area contributed by atoms with Gasteiger partial charge in [0, 0.05) is 17.1 Å². The molecule has 1 aromatic carbocycles. The molecule has 0 aliphatic heterocycles. The predicted molar refractivity (Wildman–Crippen MR) is 67.3 cm³/mol. The second kappa shape index (κ2) is 7.73. The SMILES string of the molecule is O=C(CCSc1ccc(F)cc1)NC(CF)C(=O)O. The number of rotatable bonds is 7. The summed E-state index contributed by atoms with van der Waals surface area (Å²) in [5.41, 5.74) is 0. The number of halogens is 2. The van der Waals surface area contributed by atoms with Gasteiger partial charge in [0.1, 0.15) is 12.5 Å². The van der Waals surface area contributed by atoms with Gasteiger partial charge in [0.15, 0.2) is 6.04 Å². The lowest BCUT2D eigenvalue weighted by Crippen LogP contribution is -2.42. The van der Waals surface area contributed by atoms with E-state index in [1.54, 1.807) is 12.1 Å². The van der Waals surface area contributed by atoms with Gasteiger partial charge in [0.25, 0.3) is 0 Å². The minimum atomic E-state index is -1.50. The highest BCUT2D eigenvalue weighted by atomic mass is 32.2. The van der Waals surface area contributed by atoms with Crippen molar-refractivity contribution < 1.29 is 23.5 Å². The number of hydrogen-bond donors (Lipinski definition) is 2. The average molecular weight is 289 g/mol. The Morgan fingerprint density at radius 3 is 2.47 bits per heavy atom. The largest absolute Gasteiger partial charge is 0.480 e. The Morgan fingerprint density at radius 1 is 1.32 bits per heavy atom. The lowest BCUT2D eigenvalue weighted by molar-refractivity contribution is -0.142. The van der Waals surface area contributed by atoms with Gasteiger partial charge in [0.2, 0.25) is 5.91 Å². The molecule has 0 saturated heterocycles. The lowest BCUT2D eigenvalue weighted by atomic mass is 10.3. The third-order valence-corrected chi connectivity index (χ3v) is 3.21. The number of alkyl halides is 1. The molecule has 2 N–H and O–H groups in total. The highest BCUT2D eigenvalue weighted by Gasteiger charge is 2.19. The summed E-state index contributed by atoms with van der Waals surface area (Å²) in [4.78, 5) is 22.6. The quantitative estimate of drug-likeness (QED) is 0.752. The third kappa shape index (κ3) is 5.69. The van der Waals surface area contributed by atoms with E-state index < -0.39 is 24.6 Å². The molecule has 0 fully saturated rings. The molecule has 4 nitrogen and oxygen atoms in total. The van der Waals surface area contributed by atoms with Gasteiger partial charge in [-0.05, 0) is 24.3 Å². The Bertz CT molecular complexity index is 439. The molecule has 1 atom stereocenters. The number of carbonyl (C=O) groups is 2. The van der Waals surface area contributed by atoms with Gasteiger partial charge in [-0.1, -0.05) is 0 Å². The van der Waals surface area contributed by atoms with E-state index in [0.717, 1.165) is 4.90 Å². The molecule has 0 aliphatic carbocycles. The van der Waals surface area contributed by atoms with Crippen molar-refractivity contribution in [1.29, 1.82) is 0 Å². The molecule has 104 valence electrons. The van der Waals surface area contributed by atoms with E-state index in [0.29, 0.717) is 5.75 Å². The molecule has 1 aromatic rings. The van der Waals surface area contributed by atoms with Crippen molar-refractivity contribution in [3.8, 4) is 0 Å². The summed E-state index contributed by atoms with van der Waals surface area (Å²) in [7, 11) is 0. The summed E-state index contributed by atoms with van der Waals surface area (Å²) in [6, 6.07) is 4.29. The van der Waals surface area contributed by atoms with Crippen LogP contribution < -0.4 is 5.32 Å². The first-order valence-corrected chi connectivity index (χ1v) is 6.48. The van der Waals surface area contributed by atoms with Crippen LogP contribution in [0.5, 0.6) is 0 Å². The Kier molecular flexibility index (Phi) is 6.27. The van der Waals surface area contributed by atoms with E-state index >= 15 is 0 Å². The standard InChI is InChI=1S/C12H13F2NO3S/c13-7-10(12(17)18)15-11(16)5-6-19-9-3-1-8(14)2-4-9/h1-4,10H,5-7H2,(H,15,16)(H,17,18). The van der Waals surface area contributed by atoms with Gasteiger partial charge in [0.05, 0.1) is 0 Å². The van der Waals surface area contributed by atoms with Crippen LogP contribution in [0.2, 0.25) is 0 Å². The van der Waals surface area contributed by atoms with Gasteiger partial charge < -0.3 is 10.4 Å². The summed E-state index contributed by atoms with van der Waals surface area (Å²) < 4.78 is 24.9. The Morgan fingerprint density at radius 2 is 1.95 bits per heavy atom. The van der Waals surface area contributed by atoms with E-state index in [-0.39, 0.29) is 12.2 Å². The van der Waals surface area contributed by atoms with E-state index in [9.17, 15) is 18.4 Å². The molecule has 19 heavy (non-hydrogen) atoms. The number of carbonyl (C=O) groups excluding carboxylic acids is 1. The van der Waals surface area contributed by atoms with Crippen LogP contribution in [0.4, 0.5) is 8.78 Å². The van der Waals surface area contributed by atoms with E-state index in [2.05, 4.69) is 5.32 Å². The number of thioether (sulfide) groups is 1. The van der Waals surface area contributed by atoms with Crippen LogP contribution in [0.1, 0.15) is 6.42 Å². The molecule has 0 spiro atoms. The first-order chi connectivity index (χ1) is 9.02. The molecule has 7 heteroatoms. The third-order valence-electron chi connectivity index (χ3n) is 2.20. The zero-order valence-electron chi connectivity index (χ0n) is 9.94. The van der Waals surface area contributed by atoms with Gasteiger partial charge in [-0.25, -0.2) is 13.6 Å². The van der Waals surface area contributed by atoms with E-state index in [1.165, 1.54) is 23.9 Å². The van der Waals surface area contributed by atoms with Crippen LogP contribution in [0.15, 0.2) is 29.2 Å². The summed E-state index contributed by atoms with van der Waals surface area (Å²) in [5, 5.41) is 10.6. The van der Waals surface area contributed by atoms with E-state index in [4.69, 9.17) is 5.11 Å². The van der Waals surface area contributed by atoms with Crippen molar-refractivity contribution in [1.82, 2.24) is 5.32 Å². The van der Waals surface area contributed by atoms with Crippen LogP contribution in [0.25, 0.3) is 0 Å². The topological polar surface area (TPSA) is 66.4 Å². The first kappa shape index (κ1) is 15.4. The fraction of sp³-hybridized carbons (Fsp3) is 0.333. The Hall–Kier alpha value is -1.63. The number of benzene rings is 1. The highest BCUT2D eigenvalue weighted by Crippen LogP contribution is 2.18. The van der Waals surface area contributed by atoms with E-state index in [1.807, 2.05) is 0 Å². The normalized spacial score (nSPS) is 11.9. The smallest absolute Gasteiger partial charge is 0.328 e. The van der Waals surface area contributed by atoms with Crippen molar-refractivity contribution in [3.63, 3.8) is 0 Å². The van der Waals surface area contributed by atoms with Crippen LogP contribution in [0.3, 0.4) is 0 Å². The van der Waals surface area contributed by atoms with Crippen molar-refractivity contribution in [2.45, 2.75) is 17.4 Å². The maximum absolute atomic E-state index is 12.6. The summed E-state index contributed by atoms with van der Waals surface area (Å²) in [6.45, 7) is -1.15. The molecule has 0 bridgehead atoms. The monoisotopic (exact) mass is 289 g/mol. The number of aliphatic carboxylic acids is 1. The van der Waals surface area contributed by atoms with Crippen LogP contribution in [0, 0.1) is 5.82 Å². The summed E-state index contributed by atoms with van der Waals surface area (Å²) >= 11 is 1.33. The predicted octanol–water partition coefficient (Wildman–Crippen LogP) is 1.85. The van der Waals surface area contributed by atoms with Crippen molar-refractivity contribution >= 4 is 23.6 Å². The molecular weight excluding hydrogens is 276 g/mol. The van der Waals surface area contributed by atoms with Gasteiger partial charge in [-0.2, -0.15) is 0 Å². The molecule has 0 radical (unpaired) electrons.